The monoisotopic (exact) mass is 406 g/mol. The Morgan fingerprint density at radius 1 is 1.11 bits per heavy atom. The lowest BCUT2D eigenvalue weighted by molar-refractivity contribution is 0.0990. The van der Waals surface area contributed by atoms with Crippen LogP contribution in [0.15, 0.2) is 39.8 Å². The van der Waals surface area contributed by atoms with E-state index < -0.39 is 0 Å². The molecule has 5 nitrogen and oxygen atoms in total. The molecule has 0 radical (unpaired) electrons. The normalized spacial score (nSPS) is 15.1. The number of rotatable bonds is 3. The Hall–Kier alpha value is -2.90. The van der Waals surface area contributed by atoms with Crippen molar-refractivity contribution in [3.05, 3.63) is 63.4 Å². The summed E-state index contributed by atoms with van der Waals surface area (Å²) in [5.74, 6) is -0.0378. The summed E-state index contributed by atoms with van der Waals surface area (Å²) in [4.78, 5) is 34.3. The minimum atomic E-state index is -0.248. The second kappa shape index (κ2) is 6.32. The van der Waals surface area contributed by atoms with E-state index in [9.17, 15) is 9.59 Å². The van der Waals surface area contributed by atoms with Crippen molar-refractivity contribution in [2.45, 2.75) is 20.3 Å². The standard InChI is InChI=1S/C21H14N2O3S2/c1-3-11-7-14-13(6-10(11)2)17(24)15(18(14)25)8-12-9-16-19(26-12)23-21(28-16)20-22-4-5-27-20/h4-9H,3H2,1-2H3/b15-8-. The average molecular weight is 406 g/mol. The van der Waals surface area contributed by atoms with Crippen LogP contribution >= 0.6 is 22.7 Å². The zero-order chi connectivity index (χ0) is 19.4. The minimum Gasteiger partial charge on any atom is -0.437 e. The molecule has 7 heteroatoms. The van der Waals surface area contributed by atoms with E-state index in [1.54, 1.807) is 6.20 Å². The van der Waals surface area contributed by atoms with Gasteiger partial charge in [0.15, 0.2) is 21.6 Å². The van der Waals surface area contributed by atoms with Crippen LogP contribution in [-0.2, 0) is 6.42 Å². The lowest BCUT2D eigenvalue weighted by atomic mass is 9.99. The predicted octanol–water partition coefficient (Wildman–Crippen LogP) is 5.35. The Kier molecular flexibility index (Phi) is 3.89. The van der Waals surface area contributed by atoms with Crippen molar-refractivity contribution in [2.24, 2.45) is 0 Å². The Morgan fingerprint density at radius 2 is 1.89 bits per heavy atom. The van der Waals surface area contributed by atoms with E-state index >= 15 is 0 Å². The topological polar surface area (TPSA) is 73.1 Å². The van der Waals surface area contributed by atoms with Gasteiger partial charge in [-0.2, -0.15) is 4.98 Å². The number of benzene rings is 1. The molecule has 0 aliphatic heterocycles. The molecule has 1 aliphatic carbocycles. The highest BCUT2D eigenvalue weighted by Crippen LogP contribution is 2.35. The number of ketones is 2. The van der Waals surface area contributed by atoms with Crippen molar-refractivity contribution in [1.29, 1.82) is 0 Å². The highest BCUT2D eigenvalue weighted by Gasteiger charge is 2.34. The van der Waals surface area contributed by atoms with Gasteiger partial charge in [-0.1, -0.05) is 6.92 Å². The summed E-state index contributed by atoms with van der Waals surface area (Å²) in [6, 6.07) is 5.47. The van der Waals surface area contributed by atoms with E-state index in [1.807, 2.05) is 37.4 Å². The quantitative estimate of drug-likeness (QED) is 0.339. The molecule has 0 amide bonds. The number of furan rings is 1. The van der Waals surface area contributed by atoms with Gasteiger partial charge in [-0.05, 0) is 42.7 Å². The Balaban J connectivity index is 1.53. The number of hydrogen-bond donors (Lipinski definition) is 0. The molecule has 0 N–H and O–H groups in total. The molecule has 0 unspecified atom stereocenters. The van der Waals surface area contributed by atoms with E-state index in [4.69, 9.17) is 4.42 Å². The van der Waals surface area contributed by atoms with Crippen molar-refractivity contribution in [1.82, 2.24) is 9.97 Å². The van der Waals surface area contributed by atoms with Crippen molar-refractivity contribution >= 4 is 50.7 Å². The molecule has 0 bridgehead atoms. The van der Waals surface area contributed by atoms with Crippen LogP contribution in [0.1, 0.15) is 44.5 Å². The number of thiazole rings is 2. The molecule has 0 saturated heterocycles. The summed E-state index contributed by atoms with van der Waals surface area (Å²) in [5.41, 5.74) is 3.70. The van der Waals surface area contributed by atoms with Gasteiger partial charge in [0.2, 0.25) is 5.71 Å². The fourth-order valence-corrected chi connectivity index (χ4v) is 5.03. The maximum Gasteiger partial charge on any atom is 0.238 e. The minimum absolute atomic E-state index is 0.143. The lowest BCUT2D eigenvalue weighted by Gasteiger charge is -2.04. The third-order valence-corrected chi connectivity index (χ3v) is 6.75. The maximum atomic E-state index is 12.8. The smallest absolute Gasteiger partial charge is 0.238 e. The van der Waals surface area contributed by atoms with Crippen LogP contribution in [0.25, 0.3) is 26.5 Å². The first-order chi connectivity index (χ1) is 13.5. The summed E-state index contributed by atoms with van der Waals surface area (Å²) in [5, 5.41) is 3.54. The number of carbonyl (C=O) groups is 2. The Labute approximate surface area is 168 Å². The van der Waals surface area contributed by atoms with E-state index in [0.717, 1.165) is 32.3 Å². The number of aryl methyl sites for hydroxylation is 2. The number of allylic oxidation sites excluding steroid dienone is 1. The number of aromatic nitrogens is 2. The third-order valence-electron chi connectivity index (χ3n) is 4.85. The number of Topliss-reactive ketones (excluding diaryl/α,β-unsaturated/α-hetero) is 2. The van der Waals surface area contributed by atoms with E-state index in [1.165, 1.54) is 28.7 Å². The van der Waals surface area contributed by atoms with Gasteiger partial charge in [-0.15, -0.1) is 22.7 Å². The van der Waals surface area contributed by atoms with Crippen LogP contribution in [0.5, 0.6) is 0 Å². The molecule has 28 heavy (non-hydrogen) atoms. The molecule has 0 saturated carbocycles. The van der Waals surface area contributed by atoms with Crippen molar-refractivity contribution in [3.8, 4) is 10.0 Å². The summed E-state index contributed by atoms with van der Waals surface area (Å²) in [6.07, 6.45) is 4.09. The molecule has 0 spiro atoms. The third kappa shape index (κ3) is 2.58. The molecular formula is C21H14N2O3S2. The molecule has 0 fully saturated rings. The van der Waals surface area contributed by atoms with Crippen LogP contribution in [0, 0.1) is 6.92 Å². The van der Waals surface area contributed by atoms with Crippen LogP contribution in [0.3, 0.4) is 0 Å². The SMILES string of the molecule is CCc1cc2c(cc1C)C(=O)/C(=C/c1cc3sc(-c4nccs4)nc3o1)C2=O. The summed E-state index contributed by atoms with van der Waals surface area (Å²) in [7, 11) is 0. The summed E-state index contributed by atoms with van der Waals surface area (Å²) >= 11 is 2.99. The first-order valence-corrected chi connectivity index (χ1v) is 10.5. The molecule has 3 heterocycles. The highest BCUT2D eigenvalue weighted by atomic mass is 32.1. The molecular weight excluding hydrogens is 392 g/mol. The zero-order valence-corrected chi connectivity index (χ0v) is 16.7. The first-order valence-electron chi connectivity index (χ1n) is 8.80. The van der Waals surface area contributed by atoms with E-state index in [2.05, 4.69) is 9.97 Å². The van der Waals surface area contributed by atoms with Gasteiger partial charge in [0.1, 0.15) is 5.76 Å². The van der Waals surface area contributed by atoms with Gasteiger partial charge >= 0.3 is 0 Å². The molecule has 3 aromatic heterocycles. The van der Waals surface area contributed by atoms with Gasteiger partial charge in [0, 0.05) is 28.8 Å². The maximum absolute atomic E-state index is 12.8. The van der Waals surface area contributed by atoms with Gasteiger partial charge < -0.3 is 4.42 Å². The van der Waals surface area contributed by atoms with E-state index in [0.29, 0.717) is 22.6 Å². The summed E-state index contributed by atoms with van der Waals surface area (Å²) in [6.45, 7) is 4.00. The van der Waals surface area contributed by atoms with Gasteiger partial charge in [0.05, 0.1) is 10.3 Å². The predicted molar refractivity (Wildman–Crippen MR) is 110 cm³/mol. The van der Waals surface area contributed by atoms with Crippen LogP contribution < -0.4 is 0 Å². The van der Waals surface area contributed by atoms with Gasteiger partial charge in [-0.3, -0.25) is 9.59 Å². The fourth-order valence-electron chi connectivity index (χ4n) is 3.42. The summed E-state index contributed by atoms with van der Waals surface area (Å²) < 4.78 is 6.63. The molecule has 5 rings (SSSR count). The molecule has 0 atom stereocenters. The van der Waals surface area contributed by atoms with Crippen molar-refractivity contribution in [2.75, 3.05) is 0 Å². The Bertz CT molecular complexity index is 1260. The van der Waals surface area contributed by atoms with Gasteiger partial charge in [0.25, 0.3) is 0 Å². The number of hydrogen-bond acceptors (Lipinski definition) is 7. The van der Waals surface area contributed by atoms with E-state index in [-0.39, 0.29) is 17.1 Å². The zero-order valence-electron chi connectivity index (χ0n) is 15.1. The second-order valence-corrected chi connectivity index (χ2v) is 8.49. The van der Waals surface area contributed by atoms with Crippen LogP contribution in [0.4, 0.5) is 0 Å². The first kappa shape index (κ1) is 17.2. The number of carbonyl (C=O) groups excluding carboxylic acids is 2. The Morgan fingerprint density at radius 3 is 2.57 bits per heavy atom. The molecule has 4 aromatic rings. The van der Waals surface area contributed by atoms with Crippen molar-refractivity contribution in [3.63, 3.8) is 0 Å². The second-order valence-electron chi connectivity index (χ2n) is 6.57. The highest BCUT2D eigenvalue weighted by molar-refractivity contribution is 7.24. The van der Waals surface area contributed by atoms with Crippen LogP contribution in [-0.4, -0.2) is 21.5 Å². The largest absolute Gasteiger partial charge is 0.437 e. The molecule has 1 aromatic carbocycles. The van der Waals surface area contributed by atoms with Gasteiger partial charge in [-0.25, -0.2) is 4.98 Å². The van der Waals surface area contributed by atoms with Crippen LogP contribution in [0.2, 0.25) is 0 Å². The number of fused-ring (bicyclic) bond motifs is 2. The average Bonchev–Trinajstić information content (AvgIpc) is 3.43. The fraction of sp³-hybridized carbons (Fsp3) is 0.143. The number of nitrogens with zero attached hydrogens (tertiary/aromatic N) is 2. The molecule has 138 valence electrons. The van der Waals surface area contributed by atoms with Crippen molar-refractivity contribution < 1.29 is 14.0 Å². The lowest BCUT2D eigenvalue weighted by Crippen LogP contribution is -1.99. The molecule has 1 aliphatic rings.